The lowest BCUT2D eigenvalue weighted by Gasteiger charge is -2.23. The average molecular weight is 238 g/mol. The second-order valence-corrected chi connectivity index (χ2v) is 5.39. The molecule has 1 aliphatic rings. The van der Waals surface area contributed by atoms with Crippen molar-refractivity contribution in [2.75, 3.05) is 0 Å². The van der Waals surface area contributed by atoms with E-state index in [2.05, 4.69) is 31.3 Å². The molecule has 1 fully saturated rings. The van der Waals surface area contributed by atoms with Crippen molar-refractivity contribution < 1.29 is 0 Å². The van der Waals surface area contributed by atoms with Gasteiger partial charge in [0.25, 0.3) is 0 Å². The third kappa shape index (κ3) is 2.78. The molecular formula is C14H20ClN. The Morgan fingerprint density at radius 1 is 1.38 bits per heavy atom. The summed E-state index contributed by atoms with van der Waals surface area (Å²) < 4.78 is 0. The molecule has 0 spiro atoms. The van der Waals surface area contributed by atoms with Gasteiger partial charge >= 0.3 is 0 Å². The Hall–Kier alpha value is -0.530. The molecule has 0 aliphatic heterocycles. The summed E-state index contributed by atoms with van der Waals surface area (Å²) in [7, 11) is 0. The zero-order chi connectivity index (χ0) is 11.5. The van der Waals surface area contributed by atoms with E-state index in [0.29, 0.717) is 12.1 Å². The molecule has 1 saturated carbocycles. The molecule has 0 bridgehead atoms. The third-order valence-corrected chi connectivity index (χ3v) is 3.91. The second-order valence-electron chi connectivity index (χ2n) is 4.96. The molecule has 0 radical (unpaired) electrons. The zero-order valence-corrected chi connectivity index (χ0v) is 10.8. The van der Waals surface area contributed by atoms with Gasteiger partial charge in [0.05, 0.1) is 0 Å². The van der Waals surface area contributed by atoms with Gasteiger partial charge in [-0.1, -0.05) is 37.1 Å². The molecule has 0 aromatic heterocycles. The predicted octanol–water partition coefficient (Wildman–Crippen LogP) is 4.18. The maximum Gasteiger partial charge on any atom is 0.0409 e. The number of benzene rings is 1. The number of hydrogen-bond acceptors (Lipinski definition) is 1. The smallest absolute Gasteiger partial charge is 0.0409 e. The minimum Gasteiger partial charge on any atom is -0.307 e. The number of rotatable bonds is 3. The van der Waals surface area contributed by atoms with Crippen LogP contribution in [-0.2, 0) is 0 Å². The number of halogens is 1. The van der Waals surface area contributed by atoms with Crippen molar-refractivity contribution >= 4 is 11.6 Å². The van der Waals surface area contributed by atoms with E-state index in [0.717, 1.165) is 10.9 Å². The Bertz CT molecular complexity index is 350. The largest absolute Gasteiger partial charge is 0.307 e. The van der Waals surface area contributed by atoms with Gasteiger partial charge in [0.15, 0.2) is 0 Å². The second kappa shape index (κ2) is 5.20. The fraction of sp³-hybridized carbons (Fsp3) is 0.571. The lowest BCUT2D eigenvalue weighted by Crippen LogP contribution is -2.33. The van der Waals surface area contributed by atoms with E-state index >= 15 is 0 Å². The van der Waals surface area contributed by atoms with Crippen LogP contribution in [0.3, 0.4) is 0 Å². The molecule has 2 rings (SSSR count). The maximum atomic E-state index is 6.01. The SMILES string of the molecule is CC1CCCC1N[C@H](C)c1cccc(Cl)c1. The first kappa shape index (κ1) is 11.9. The van der Waals surface area contributed by atoms with Gasteiger partial charge in [0.1, 0.15) is 0 Å². The van der Waals surface area contributed by atoms with Crippen LogP contribution in [0.15, 0.2) is 24.3 Å². The first-order chi connectivity index (χ1) is 7.66. The van der Waals surface area contributed by atoms with Gasteiger partial charge in [-0.3, -0.25) is 0 Å². The van der Waals surface area contributed by atoms with Crippen LogP contribution in [0.1, 0.15) is 44.7 Å². The lowest BCUT2D eigenvalue weighted by atomic mass is 10.0. The van der Waals surface area contributed by atoms with Crippen LogP contribution in [0.5, 0.6) is 0 Å². The summed E-state index contributed by atoms with van der Waals surface area (Å²) in [4.78, 5) is 0. The van der Waals surface area contributed by atoms with Crippen molar-refractivity contribution in [3.05, 3.63) is 34.9 Å². The Kier molecular flexibility index (Phi) is 3.88. The first-order valence-electron chi connectivity index (χ1n) is 6.18. The summed E-state index contributed by atoms with van der Waals surface area (Å²) >= 11 is 6.01. The molecule has 1 aliphatic carbocycles. The third-order valence-electron chi connectivity index (χ3n) is 3.67. The zero-order valence-electron chi connectivity index (χ0n) is 10.0. The van der Waals surface area contributed by atoms with E-state index in [4.69, 9.17) is 11.6 Å². The van der Waals surface area contributed by atoms with Gasteiger partial charge in [0, 0.05) is 17.1 Å². The van der Waals surface area contributed by atoms with Crippen LogP contribution in [0.25, 0.3) is 0 Å². The summed E-state index contributed by atoms with van der Waals surface area (Å²) in [5, 5.41) is 4.54. The minimum absolute atomic E-state index is 0.393. The van der Waals surface area contributed by atoms with Gasteiger partial charge in [-0.15, -0.1) is 0 Å². The van der Waals surface area contributed by atoms with Crippen molar-refractivity contribution in [2.45, 2.75) is 45.2 Å². The van der Waals surface area contributed by atoms with Crippen LogP contribution in [0.2, 0.25) is 5.02 Å². The van der Waals surface area contributed by atoms with Crippen molar-refractivity contribution in [3.8, 4) is 0 Å². The molecule has 2 unspecified atom stereocenters. The van der Waals surface area contributed by atoms with Gasteiger partial charge in [0.2, 0.25) is 0 Å². The molecule has 1 N–H and O–H groups in total. The molecule has 0 heterocycles. The molecule has 3 atom stereocenters. The highest BCUT2D eigenvalue weighted by molar-refractivity contribution is 6.30. The Balaban J connectivity index is 1.99. The van der Waals surface area contributed by atoms with E-state index in [-0.39, 0.29) is 0 Å². The van der Waals surface area contributed by atoms with Crippen molar-refractivity contribution in [2.24, 2.45) is 5.92 Å². The highest BCUT2D eigenvalue weighted by Crippen LogP contribution is 2.27. The highest BCUT2D eigenvalue weighted by Gasteiger charge is 2.24. The van der Waals surface area contributed by atoms with Crippen molar-refractivity contribution in [3.63, 3.8) is 0 Å². The molecule has 16 heavy (non-hydrogen) atoms. The van der Waals surface area contributed by atoms with Crippen LogP contribution >= 0.6 is 11.6 Å². The van der Waals surface area contributed by atoms with Gasteiger partial charge in [-0.2, -0.15) is 0 Å². The lowest BCUT2D eigenvalue weighted by molar-refractivity contribution is 0.388. The van der Waals surface area contributed by atoms with Crippen molar-refractivity contribution in [1.82, 2.24) is 5.32 Å². The summed E-state index contributed by atoms with van der Waals surface area (Å²) in [6.07, 6.45) is 4.03. The molecule has 1 aromatic carbocycles. The molecule has 2 heteroatoms. The van der Waals surface area contributed by atoms with Crippen molar-refractivity contribution in [1.29, 1.82) is 0 Å². The fourth-order valence-corrected chi connectivity index (χ4v) is 2.79. The fourth-order valence-electron chi connectivity index (χ4n) is 2.59. The van der Waals surface area contributed by atoms with Crippen LogP contribution in [0.4, 0.5) is 0 Å². The number of hydrogen-bond donors (Lipinski definition) is 1. The molecular weight excluding hydrogens is 218 g/mol. The molecule has 1 aromatic rings. The predicted molar refractivity (Wildman–Crippen MR) is 69.8 cm³/mol. The normalized spacial score (nSPS) is 26.9. The molecule has 88 valence electrons. The summed E-state index contributed by atoms with van der Waals surface area (Å²) in [5.41, 5.74) is 1.28. The Labute approximate surface area is 103 Å². The molecule has 1 nitrogen and oxygen atoms in total. The number of nitrogens with one attached hydrogen (secondary N) is 1. The van der Waals surface area contributed by atoms with E-state index in [9.17, 15) is 0 Å². The van der Waals surface area contributed by atoms with Gasteiger partial charge in [-0.05, 0) is 43.4 Å². The van der Waals surface area contributed by atoms with Gasteiger partial charge < -0.3 is 5.32 Å². The van der Waals surface area contributed by atoms with Crippen LogP contribution in [0, 0.1) is 5.92 Å². The standard InChI is InChI=1S/C14H20ClN/c1-10-5-3-8-14(10)16-11(2)12-6-4-7-13(15)9-12/h4,6-7,9-11,14,16H,3,5,8H2,1-2H3/t10?,11-,14?/m1/s1. The van der Waals surface area contributed by atoms with Crippen LogP contribution < -0.4 is 5.32 Å². The monoisotopic (exact) mass is 237 g/mol. The topological polar surface area (TPSA) is 12.0 Å². The summed E-state index contributed by atoms with van der Waals surface area (Å²) in [6, 6.07) is 9.21. The maximum absolute atomic E-state index is 6.01. The average Bonchev–Trinajstić information content (AvgIpc) is 2.64. The minimum atomic E-state index is 0.393. The van der Waals surface area contributed by atoms with Crippen LogP contribution in [-0.4, -0.2) is 6.04 Å². The Morgan fingerprint density at radius 3 is 2.81 bits per heavy atom. The molecule has 0 amide bonds. The van der Waals surface area contributed by atoms with E-state index in [1.54, 1.807) is 0 Å². The summed E-state index contributed by atoms with van der Waals surface area (Å²) in [6.45, 7) is 4.56. The van der Waals surface area contributed by atoms with Gasteiger partial charge in [-0.25, -0.2) is 0 Å². The first-order valence-corrected chi connectivity index (χ1v) is 6.56. The highest BCUT2D eigenvalue weighted by atomic mass is 35.5. The van der Waals surface area contributed by atoms with E-state index < -0.39 is 0 Å². The quantitative estimate of drug-likeness (QED) is 0.832. The summed E-state index contributed by atoms with van der Waals surface area (Å²) in [5.74, 6) is 0.807. The van der Waals surface area contributed by atoms with E-state index in [1.165, 1.54) is 24.8 Å². The molecule has 0 saturated heterocycles. The van der Waals surface area contributed by atoms with E-state index in [1.807, 2.05) is 12.1 Å². The Morgan fingerprint density at radius 2 is 2.19 bits per heavy atom.